The molecular weight excluding hydrogens is 390 g/mol. The molecule has 1 aliphatic rings. The highest BCUT2D eigenvalue weighted by atomic mass is 35.5. The van der Waals surface area contributed by atoms with Gasteiger partial charge in [0.05, 0.1) is 29.3 Å². The minimum Gasteiger partial charge on any atom is -0.493 e. The summed E-state index contributed by atoms with van der Waals surface area (Å²) in [6.45, 7) is 2.46. The molecule has 4 nitrogen and oxygen atoms in total. The number of anilines is 1. The number of carbonyl (C=O) groups excluding carboxylic acids is 1. The maximum absolute atomic E-state index is 12.8. The molecule has 3 rings (SSSR count). The van der Waals surface area contributed by atoms with E-state index in [4.69, 9.17) is 33.3 Å². The molecule has 0 unspecified atom stereocenters. The summed E-state index contributed by atoms with van der Waals surface area (Å²) < 4.78 is 11.3. The van der Waals surface area contributed by atoms with Crippen LogP contribution in [0.25, 0.3) is 6.08 Å². The van der Waals surface area contributed by atoms with Gasteiger partial charge in [-0.15, -0.1) is 0 Å². The number of hydrogen-bond donors (Lipinski definition) is 0. The predicted molar refractivity (Wildman–Crippen MR) is 111 cm³/mol. The van der Waals surface area contributed by atoms with Crippen LogP contribution in [0.1, 0.15) is 12.5 Å². The smallest absolute Gasteiger partial charge is 0.270 e. The first-order valence-electron chi connectivity index (χ1n) is 7.88. The van der Waals surface area contributed by atoms with Crippen molar-refractivity contribution in [3.8, 4) is 11.5 Å². The highest BCUT2D eigenvalue weighted by Gasteiger charge is 2.34. The van der Waals surface area contributed by atoms with E-state index in [1.807, 2.05) is 37.3 Å². The van der Waals surface area contributed by atoms with E-state index in [1.54, 1.807) is 25.3 Å². The van der Waals surface area contributed by atoms with E-state index in [2.05, 4.69) is 0 Å². The van der Waals surface area contributed by atoms with Crippen LogP contribution >= 0.6 is 35.6 Å². The van der Waals surface area contributed by atoms with E-state index in [1.165, 1.54) is 16.7 Å². The number of rotatable bonds is 5. The summed E-state index contributed by atoms with van der Waals surface area (Å²) in [5.74, 6) is 1.08. The molecule has 1 amide bonds. The molecule has 0 bridgehead atoms. The number of ether oxygens (including phenoxy) is 2. The lowest BCUT2D eigenvalue weighted by molar-refractivity contribution is -0.113. The standard InChI is InChI=1S/C19H16ClNO3S2/c1-3-24-15-9-8-12(10-16(15)23-2)11-17-18(22)21(19(25)26-17)14-7-5-4-6-13(14)20/h4-11H,3H2,1-2H3/b17-11-. The molecule has 134 valence electrons. The molecule has 0 spiro atoms. The number of para-hydroxylation sites is 1. The maximum atomic E-state index is 12.8. The first-order chi connectivity index (χ1) is 12.5. The van der Waals surface area contributed by atoms with Gasteiger partial charge in [-0.05, 0) is 42.8 Å². The third kappa shape index (κ3) is 3.72. The van der Waals surface area contributed by atoms with Gasteiger partial charge in [-0.25, -0.2) is 0 Å². The zero-order valence-electron chi connectivity index (χ0n) is 14.2. The van der Waals surface area contributed by atoms with E-state index in [9.17, 15) is 4.79 Å². The van der Waals surface area contributed by atoms with Crippen molar-refractivity contribution in [1.82, 2.24) is 0 Å². The Hall–Kier alpha value is -2.02. The monoisotopic (exact) mass is 405 g/mol. The minimum absolute atomic E-state index is 0.194. The van der Waals surface area contributed by atoms with Crippen LogP contribution in [0.4, 0.5) is 5.69 Å². The Morgan fingerprint density at radius 1 is 1.23 bits per heavy atom. The summed E-state index contributed by atoms with van der Waals surface area (Å²) in [6.07, 6.45) is 1.79. The van der Waals surface area contributed by atoms with Gasteiger partial charge in [0.2, 0.25) is 0 Å². The Labute approximate surface area is 166 Å². The molecule has 1 aliphatic heterocycles. The van der Waals surface area contributed by atoms with Gasteiger partial charge in [0.15, 0.2) is 15.8 Å². The van der Waals surface area contributed by atoms with Crippen molar-refractivity contribution in [2.45, 2.75) is 6.92 Å². The van der Waals surface area contributed by atoms with Crippen molar-refractivity contribution < 1.29 is 14.3 Å². The van der Waals surface area contributed by atoms with E-state index in [0.717, 1.165) is 5.56 Å². The van der Waals surface area contributed by atoms with Gasteiger partial charge in [0.25, 0.3) is 5.91 Å². The Morgan fingerprint density at radius 3 is 2.69 bits per heavy atom. The summed E-state index contributed by atoms with van der Waals surface area (Å²) in [7, 11) is 1.58. The number of benzene rings is 2. The van der Waals surface area contributed by atoms with Crippen molar-refractivity contribution in [3.05, 3.63) is 58.0 Å². The molecule has 7 heteroatoms. The van der Waals surface area contributed by atoms with Crippen LogP contribution in [-0.2, 0) is 4.79 Å². The molecule has 2 aromatic rings. The topological polar surface area (TPSA) is 38.8 Å². The number of thioether (sulfide) groups is 1. The van der Waals surface area contributed by atoms with Crippen LogP contribution in [-0.4, -0.2) is 23.9 Å². The van der Waals surface area contributed by atoms with Gasteiger partial charge in [-0.2, -0.15) is 0 Å². The maximum Gasteiger partial charge on any atom is 0.270 e. The Balaban J connectivity index is 1.92. The van der Waals surface area contributed by atoms with Gasteiger partial charge in [-0.3, -0.25) is 9.69 Å². The van der Waals surface area contributed by atoms with Gasteiger partial charge >= 0.3 is 0 Å². The second-order valence-corrected chi connectivity index (χ2v) is 7.39. The van der Waals surface area contributed by atoms with Crippen LogP contribution in [0.15, 0.2) is 47.4 Å². The number of nitrogens with zero attached hydrogens (tertiary/aromatic N) is 1. The summed E-state index contributed by atoms with van der Waals surface area (Å²) in [5.41, 5.74) is 1.41. The fourth-order valence-corrected chi connectivity index (χ4v) is 4.01. The number of amides is 1. The van der Waals surface area contributed by atoms with Crippen molar-refractivity contribution in [1.29, 1.82) is 0 Å². The Kier molecular flexibility index (Phi) is 5.86. The Bertz CT molecular complexity index is 898. The number of hydrogen-bond acceptors (Lipinski definition) is 5. The molecule has 0 aromatic heterocycles. The van der Waals surface area contributed by atoms with Crippen LogP contribution in [0.3, 0.4) is 0 Å². The molecule has 0 N–H and O–H groups in total. The van der Waals surface area contributed by atoms with E-state index < -0.39 is 0 Å². The van der Waals surface area contributed by atoms with Crippen molar-refractivity contribution in [2.24, 2.45) is 0 Å². The Morgan fingerprint density at radius 2 is 2.00 bits per heavy atom. The summed E-state index contributed by atoms with van der Waals surface area (Å²) in [6, 6.07) is 12.7. The van der Waals surface area contributed by atoms with Crippen LogP contribution in [0.2, 0.25) is 5.02 Å². The van der Waals surface area contributed by atoms with Crippen LogP contribution in [0, 0.1) is 0 Å². The molecule has 26 heavy (non-hydrogen) atoms. The first kappa shape index (κ1) is 18.8. The fraction of sp³-hybridized carbons (Fsp3) is 0.158. The highest BCUT2D eigenvalue weighted by Crippen LogP contribution is 2.39. The van der Waals surface area contributed by atoms with Crippen molar-refractivity contribution >= 4 is 57.6 Å². The van der Waals surface area contributed by atoms with E-state index in [-0.39, 0.29) is 5.91 Å². The SMILES string of the molecule is CCOc1ccc(/C=C2\SC(=S)N(c3ccccc3Cl)C2=O)cc1OC. The number of carbonyl (C=O) groups is 1. The van der Waals surface area contributed by atoms with Crippen LogP contribution in [0.5, 0.6) is 11.5 Å². The van der Waals surface area contributed by atoms with Gasteiger partial charge < -0.3 is 9.47 Å². The first-order valence-corrected chi connectivity index (χ1v) is 9.48. The summed E-state index contributed by atoms with van der Waals surface area (Å²) in [4.78, 5) is 14.8. The lowest BCUT2D eigenvalue weighted by atomic mass is 10.2. The third-order valence-corrected chi connectivity index (χ3v) is 5.29. The van der Waals surface area contributed by atoms with Gasteiger partial charge in [0, 0.05) is 0 Å². The molecule has 1 heterocycles. The molecule has 0 atom stereocenters. The third-order valence-electron chi connectivity index (χ3n) is 3.67. The van der Waals surface area contributed by atoms with Gasteiger partial charge in [0.1, 0.15) is 0 Å². The van der Waals surface area contributed by atoms with E-state index in [0.29, 0.717) is 38.0 Å². The summed E-state index contributed by atoms with van der Waals surface area (Å²) >= 11 is 12.8. The second-order valence-electron chi connectivity index (χ2n) is 5.31. The van der Waals surface area contributed by atoms with Crippen LogP contribution < -0.4 is 14.4 Å². The zero-order chi connectivity index (χ0) is 18.7. The lowest BCUT2D eigenvalue weighted by Gasteiger charge is -2.15. The zero-order valence-corrected chi connectivity index (χ0v) is 16.6. The molecule has 0 saturated carbocycles. The second kappa shape index (κ2) is 8.12. The molecule has 1 saturated heterocycles. The molecule has 0 radical (unpaired) electrons. The van der Waals surface area contributed by atoms with Crippen molar-refractivity contribution in [3.63, 3.8) is 0 Å². The number of methoxy groups -OCH3 is 1. The average molecular weight is 406 g/mol. The number of halogens is 1. The normalized spacial score (nSPS) is 15.7. The fourth-order valence-electron chi connectivity index (χ4n) is 2.51. The molecule has 0 aliphatic carbocycles. The molecule has 1 fully saturated rings. The van der Waals surface area contributed by atoms with E-state index >= 15 is 0 Å². The highest BCUT2D eigenvalue weighted by molar-refractivity contribution is 8.27. The molecular formula is C19H16ClNO3S2. The largest absolute Gasteiger partial charge is 0.493 e. The lowest BCUT2D eigenvalue weighted by Crippen LogP contribution is -2.27. The predicted octanol–water partition coefficient (Wildman–Crippen LogP) is 5.15. The number of thiocarbonyl (C=S) groups is 1. The minimum atomic E-state index is -0.194. The quantitative estimate of drug-likeness (QED) is 0.508. The summed E-state index contributed by atoms with van der Waals surface area (Å²) in [5, 5.41) is 0.479. The molecule has 2 aromatic carbocycles. The average Bonchev–Trinajstić information content (AvgIpc) is 2.90. The van der Waals surface area contributed by atoms with Gasteiger partial charge in [-0.1, -0.05) is 53.8 Å². The van der Waals surface area contributed by atoms with Crippen molar-refractivity contribution in [2.75, 3.05) is 18.6 Å².